The van der Waals surface area contributed by atoms with Gasteiger partial charge in [0.05, 0.1) is 40.7 Å². The van der Waals surface area contributed by atoms with Crippen LogP contribution in [0.2, 0.25) is 0 Å². The lowest BCUT2D eigenvalue weighted by atomic mass is 10.0. The number of nitrogens with zero attached hydrogens (tertiary/aromatic N) is 4. The first-order chi connectivity index (χ1) is 16.0. The number of hydrogen-bond acceptors (Lipinski definition) is 7. The van der Waals surface area contributed by atoms with Gasteiger partial charge in [-0.25, -0.2) is 14.6 Å². The van der Waals surface area contributed by atoms with E-state index in [4.69, 9.17) is 20.9 Å². The number of thiazole rings is 1. The predicted molar refractivity (Wildman–Crippen MR) is 129 cm³/mol. The molecule has 0 bridgehead atoms. The van der Waals surface area contributed by atoms with Crippen LogP contribution >= 0.6 is 11.3 Å². The van der Waals surface area contributed by atoms with E-state index in [-0.39, 0.29) is 18.9 Å². The van der Waals surface area contributed by atoms with Gasteiger partial charge in [0, 0.05) is 17.3 Å². The van der Waals surface area contributed by atoms with Crippen LogP contribution in [0.3, 0.4) is 0 Å². The van der Waals surface area contributed by atoms with Gasteiger partial charge in [-0.2, -0.15) is 5.10 Å². The van der Waals surface area contributed by atoms with Crippen molar-refractivity contribution in [2.24, 2.45) is 0 Å². The number of nitrogens with one attached hydrogen (secondary N) is 1. The fraction of sp³-hybridized carbons (Fsp3) is 0.250. The zero-order valence-electron chi connectivity index (χ0n) is 18.2. The van der Waals surface area contributed by atoms with E-state index in [9.17, 15) is 4.79 Å². The van der Waals surface area contributed by atoms with Crippen LogP contribution in [-0.4, -0.2) is 37.4 Å². The molecule has 9 heteroatoms. The molecule has 1 aromatic carbocycles. The first-order valence-corrected chi connectivity index (χ1v) is 11.7. The molecule has 8 nitrogen and oxygen atoms in total. The summed E-state index contributed by atoms with van der Waals surface area (Å²) >= 11 is 1.45. The number of nitrogen functional groups attached to an aromatic ring is 1. The Labute approximate surface area is 195 Å². The molecule has 0 radical (unpaired) electrons. The average Bonchev–Trinajstić information content (AvgIpc) is 3.31. The molecule has 0 spiro atoms. The normalized spacial score (nSPS) is 12.7. The van der Waals surface area contributed by atoms with Crippen LogP contribution < -0.4 is 11.1 Å². The van der Waals surface area contributed by atoms with E-state index in [0.717, 1.165) is 63.6 Å². The van der Waals surface area contributed by atoms with E-state index in [2.05, 4.69) is 29.4 Å². The second-order valence-electron chi connectivity index (χ2n) is 8.02. The highest BCUT2D eigenvalue weighted by Crippen LogP contribution is 2.43. The number of carbonyl (C=O) groups excluding carboxylic acids is 1. The minimum absolute atomic E-state index is 0.0466. The van der Waals surface area contributed by atoms with Crippen molar-refractivity contribution < 1.29 is 9.90 Å². The zero-order chi connectivity index (χ0) is 22.9. The summed E-state index contributed by atoms with van der Waals surface area (Å²) in [5.74, 6) is 0.221. The van der Waals surface area contributed by atoms with E-state index < -0.39 is 0 Å². The number of para-hydroxylation sites is 1. The Morgan fingerprint density at radius 1 is 1.24 bits per heavy atom. The lowest BCUT2D eigenvalue weighted by Gasteiger charge is -2.10. The summed E-state index contributed by atoms with van der Waals surface area (Å²) < 4.78 is 2.00. The van der Waals surface area contributed by atoms with Crippen molar-refractivity contribution >= 4 is 28.2 Å². The topological polar surface area (TPSA) is 119 Å². The Bertz CT molecular complexity index is 1330. The largest absolute Gasteiger partial charge is 0.396 e. The minimum Gasteiger partial charge on any atom is -0.396 e. The van der Waals surface area contributed by atoms with Gasteiger partial charge in [0.25, 0.3) is 0 Å². The van der Waals surface area contributed by atoms with Crippen LogP contribution in [0.4, 0.5) is 10.9 Å². The Morgan fingerprint density at radius 3 is 2.85 bits per heavy atom. The van der Waals surface area contributed by atoms with Crippen LogP contribution in [0.5, 0.6) is 0 Å². The molecule has 0 unspecified atom stereocenters. The fourth-order valence-electron chi connectivity index (χ4n) is 4.15. The summed E-state index contributed by atoms with van der Waals surface area (Å²) in [6.07, 6.45) is 4.40. The molecule has 0 aliphatic heterocycles. The molecular formula is C24H24N6O2S. The van der Waals surface area contributed by atoms with Gasteiger partial charge in [-0.15, -0.1) is 0 Å². The number of amides is 1. The van der Waals surface area contributed by atoms with Gasteiger partial charge in [-0.05, 0) is 49.9 Å². The highest BCUT2D eigenvalue weighted by molar-refractivity contribution is 7.19. The third-order valence-electron chi connectivity index (χ3n) is 5.72. The molecule has 0 atom stereocenters. The number of anilines is 2. The number of rotatable bonds is 5. The molecule has 3 aromatic heterocycles. The monoisotopic (exact) mass is 460 g/mol. The molecular weight excluding hydrogens is 436 g/mol. The lowest BCUT2D eigenvalue weighted by molar-refractivity contribution is -0.116. The Kier molecular flexibility index (Phi) is 5.65. The van der Waals surface area contributed by atoms with Crippen molar-refractivity contribution in [2.45, 2.75) is 32.6 Å². The lowest BCUT2D eigenvalue weighted by Crippen LogP contribution is -2.12. The zero-order valence-corrected chi connectivity index (χ0v) is 19.0. The van der Waals surface area contributed by atoms with E-state index in [1.165, 1.54) is 11.3 Å². The number of aliphatic hydroxyl groups is 1. The molecule has 168 valence electrons. The molecule has 4 N–H and O–H groups in total. The fourth-order valence-corrected chi connectivity index (χ4v) is 5.23. The smallest absolute Gasteiger partial charge is 0.228 e. The Morgan fingerprint density at radius 2 is 2.09 bits per heavy atom. The highest BCUT2D eigenvalue weighted by Gasteiger charge is 2.29. The molecule has 1 aliphatic carbocycles. The summed E-state index contributed by atoms with van der Waals surface area (Å²) in [6, 6.07) is 11.9. The molecule has 4 aromatic rings. The maximum atomic E-state index is 12.0. The first kappa shape index (κ1) is 21.3. The molecule has 0 saturated carbocycles. The quantitative estimate of drug-likeness (QED) is 0.417. The van der Waals surface area contributed by atoms with E-state index in [0.29, 0.717) is 10.9 Å². The average molecular weight is 461 g/mol. The van der Waals surface area contributed by atoms with Crippen LogP contribution in [0.15, 0.2) is 42.6 Å². The number of pyridine rings is 1. The van der Waals surface area contributed by atoms with Crippen molar-refractivity contribution in [1.29, 1.82) is 0 Å². The molecule has 3 heterocycles. The number of benzene rings is 1. The standard InChI is InChI=1S/C24H24N6O2S/c1-14-5-2-3-8-18(14)30-22-16(21(29-30)15-9-10-19(25)26-13-15)6-4-7-17-23(22)33-24(27-17)28-20(32)11-12-31/h2-3,5,8-10,13,31H,4,6-7,11-12H2,1H3,(H2,25,26)(H,27,28,32). The van der Waals surface area contributed by atoms with Gasteiger partial charge >= 0.3 is 0 Å². The van der Waals surface area contributed by atoms with E-state index >= 15 is 0 Å². The van der Waals surface area contributed by atoms with Crippen molar-refractivity contribution in [3.63, 3.8) is 0 Å². The van der Waals surface area contributed by atoms with Gasteiger partial charge in [-0.1, -0.05) is 29.5 Å². The minimum atomic E-state index is -0.248. The van der Waals surface area contributed by atoms with Gasteiger partial charge in [0.2, 0.25) is 5.91 Å². The van der Waals surface area contributed by atoms with Crippen LogP contribution in [0.25, 0.3) is 27.5 Å². The maximum Gasteiger partial charge on any atom is 0.228 e. The number of nitrogens with two attached hydrogens (primary N) is 1. The summed E-state index contributed by atoms with van der Waals surface area (Å²) in [7, 11) is 0. The summed E-state index contributed by atoms with van der Waals surface area (Å²) in [6.45, 7) is 1.87. The summed E-state index contributed by atoms with van der Waals surface area (Å²) in [5, 5.41) is 17.5. The third-order valence-corrected chi connectivity index (χ3v) is 6.74. The number of fused-ring (bicyclic) bond motifs is 3. The predicted octanol–water partition coefficient (Wildman–Crippen LogP) is 3.76. The summed E-state index contributed by atoms with van der Waals surface area (Å²) in [5.41, 5.74) is 12.8. The molecule has 5 rings (SSSR count). The third kappa shape index (κ3) is 4.01. The van der Waals surface area contributed by atoms with Gasteiger partial charge in [0.15, 0.2) is 5.13 Å². The molecule has 33 heavy (non-hydrogen) atoms. The second-order valence-corrected chi connectivity index (χ2v) is 9.02. The number of hydrogen-bond donors (Lipinski definition) is 3. The molecule has 1 aliphatic rings. The Balaban J connectivity index is 1.71. The highest BCUT2D eigenvalue weighted by atomic mass is 32.1. The molecule has 0 fully saturated rings. The maximum absolute atomic E-state index is 12.0. The van der Waals surface area contributed by atoms with Crippen LogP contribution in [0, 0.1) is 6.92 Å². The van der Waals surface area contributed by atoms with Gasteiger partial charge in [-0.3, -0.25) is 4.79 Å². The van der Waals surface area contributed by atoms with Crippen LogP contribution in [-0.2, 0) is 17.6 Å². The van der Waals surface area contributed by atoms with Gasteiger partial charge in [0.1, 0.15) is 5.82 Å². The van der Waals surface area contributed by atoms with Crippen LogP contribution in [0.1, 0.15) is 29.7 Å². The van der Waals surface area contributed by atoms with E-state index in [1.54, 1.807) is 12.3 Å². The SMILES string of the molecule is Cc1ccccc1-n1nc(-c2ccc(N)nc2)c2c1-c1sc(NC(=O)CCO)nc1CCC2. The van der Waals surface area contributed by atoms with Gasteiger partial charge < -0.3 is 16.2 Å². The Hall–Kier alpha value is -3.56. The van der Waals surface area contributed by atoms with E-state index in [1.807, 2.05) is 22.9 Å². The van der Waals surface area contributed by atoms with Crippen molar-refractivity contribution in [2.75, 3.05) is 17.7 Å². The van der Waals surface area contributed by atoms with Crippen molar-refractivity contribution in [3.8, 4) is 27.5 Å². The van der Waals surface area contributed by atoms with Crippen molar-refractivity contribution in [3.05, 3.63) is 59.4 Å². The van der Waals surface area contributed by atoms with Crippen molar-refractivity contribution in [1.82, 2.24) is 19.7 Å². The number of aliphatic hydroxyl groups excluding tert-OH is 1. The molecule has 1 amide bonds. The first-order valence-electron chi connectivity index (χ1n) is 10.9. The number of carbonyl (C=O) groups is 1. The number of aromatic nitrogens is 4. The summed E-state index contributed by atoms with van der Waals surface area (Å²) in [4.78, 5) is 22.1. The molecule has 0 saturated heterocycles. The second kappa shape index (κ2) is 8.76. The number of aryl methyl sites for hydroxylation is 2.